The molecular weight excluding hydrogens is 1130 g/mol. The molecule has 0 bridgehead atoms. The summed E-state index contributed by atoms with van der Waals surface area (Å²) >= 11 is 2.72. The number of urea groups is 1. The standard InChI is InChI=1S/C59H68FN13O10S2/c1-35(2)51(66-48(74)26-30-82-31-28-72-49(75)24-25-50(72)76)55(78)64-43(13-10-27-62-57(61)81)54(77)63-40-21-18-39(19-22-40)34-73(6,7)37(4)16-17-38-20-23-44(41(60)33-38)83-29-11-15-46-52(56(79)80)67-59(85-46)71(5)47-32-36(3)53(70-69-47)68-58-65-42-12-8-9-14-45(42)84-58/h8-9,12,14,18-25,32-33,35,37,43,51H,10-11,13,15,26-31,34H2,1-7H3,(H7-,61,62,63,64,65,66,68,70,74,77,78,79,80,81)/p+1/t37?,43-,51-/m0/s1. The number of aromatic nitrogens is 4. The molecule has 7 rings (SSSR count). The molecule has 85 heavy (non-hydrogen) atoms. The lowest BCUT2D eigenvalue weighted by atomic mass is 10.0. The molecule has 1 aliphatic rings. The molecular formula is C59H69FN13O10S2+. The van der Waals surface area contributed by atoms with E-state index in [1.807, 2.05) is 70.4 Å². The number of amides is 7. The summed E-state index contributed by atoms with van der Waals surface area (Å²) in [5.74, 6) is 2.79. The first-order valence-corrected chi connectivity index (χ1v) is 29.0. The number of ether oxygens (including phenoxy) is 2. The molecule has 0 spiro atoms. The number of benzene rings is 3. The minimum Gasteiger partial charge on any atom is -0.491 e. The van der Waals surface area contributed by atoms with Crippen molar-refractivity contribution in [1.82, 2.24) is 41.0 Å². The normalized spacial score (nSPS) is 13.2. The quantitative estimate of drug-likeness (QED) is 0.0113. The fourth-order valence-corrected chi connectivity index (χ4v) is 10.5. The van der Waals surface area contributed by atoms with Gasteiger partial charge in [-0.3, -0.25) is 28.9 Å². The fraction of sp³-hybridized carbons (Fsp3) is 0.373. The topological polar surface area (TPSA) is 302 Å². The molecule has 0 saturated carbocycles. The molecule has 6 aromatic rings. The Hall–Kier alpha value is -8.90. The van der Waals surface area contributed by atoms with Crippen LogP contribution in [0.1, 0.15) is 78.5 Å². The van der Waals surface area contributed by atoms with Gasteiger partial charge in [0.2, 0.25) is 17.7 Å². The number of primary amides is 1. The third-order valence-electron chi connectivity index (χ3n) is 13.7. The van der Waals surface area contributed by atoms with Crippen LogP contribution in [0.15, 0.2) is 84.9 Å². The summed E-state index contributed by atoms with van der Waals surface area (Å²) in [4.78, 5) is 99.6. The van der Waals surface area contributed by atoms with E-state index in [4.69, 9.17) is 15.2 Å². The molecule has 0 saturated heterocycles. The number of aryl methyl sites for hydroxylation is 2. The summed E-state index contributed by atoms with van der Waals surface area (Å²) in [7, 11) is 5.77. The molecule has 3 atom stereocenters. The van der Waals surface area contributed by atoms with Gasteiger partial charge in [0, 0.05) is 53.9 Å². The van der Waals surface area contributed by atoms with E-state index in [-0.39, 0.29) is 69.2 Å². The van der Waals surface area contributed by atoms with E-state index in [0.29, 0.717) is 68.3 Å². The van der Waals surface area contributed by atoms with Crippen molar-refractivity contribution in [1.29, 1.82) is 0 Å². The number of carbonyl (C=O) groups is 7. The Labute approximate surface area is 499 Å². The number of hydrogen-bond acceptors (Lipinski definition) is 17. The predicted octanol–water partition coefficient (Wildman–Crippen LogP) is 6.57. The zero-order valence-corrected chi connectivity index (χ0v) is 49.8. The monoisotopic (exact) mass is 1200 g/mol. The van der Waals surface area contributed by atoms with Crippen LogP contribution in [-0.4, -0.2) is 148 Å². The summed E-state index contributed by atoms with van der Waals surface area (Å²) in [5.41, 5.74) is 8.69. The number of aromatic carboxylic acids is 1. The number of nitrogens with two attached hydrogens (primary N) is 1. The second-order valence-corrected chi connectivity index (χ2v) is 23.0. The van der Waals surface area contributed by atoms with Crippen LogP contribution in [0.2, 0.25) is 0 Å². The molecule has 8 N–H and O–H groups in total. The molecule has 448 valence electrons. The number of hydrogen-bond donors (Lipinski definition) is 7. The van der Waals surface area contributed by atoms with Gasteiger partial charge in [0.25, 0.3) is 11.8 Å². The number of quaternary nitrogens is 1. The van der Waals surface area contributed by atoms with Crippen LogP contribution in [0.3, 0.4) is 0 Å². The van der Waals surface area contributed by atoms with Crippen molar-refractivity contribution in [2.75, 3.05) is 69.6 Å². The van der Waals surface area contributed by atoms with Gasteiger partial charge < -0.3 is 56.3 Å². The number of halogens is 1. The number of carboxylic acids is 1. The van der Waals surface area contributed by atoms with Gasteiger partial charge in [-0.05, 0) is 105 Å². The first-order chi connectivity index (χ1) is 40.5. The lowest BCUT2D eigenvalue weighted by Crippen LogP contribution is -2.54. The highest BCUT2D eigenvalue weighted by Crippen LogP contribution is 2.33. The lowest BCUT2D eigenvalue weighted by molar-refractivity contribution is -0.918. The molecule has 3 aromatic heterocycles. The number of fused-ring (bicyclic) bond motifs is 1. The van der Waals surface area contributed by atoms with Crippen molar-refractivity contribution < 1.29 is 57.0 Å². The molecule has 23 nitrogen and oxygen atoms in total. The van der Waals surface area contributed by atoms with Crippen LogP contribution in [0.25, 0.3) is 10.2 Å². The Kier molecular flexibility index (Phi) is 22.1. The summed E-state index contributed by atoms with van der Waals surface area (Å²) in [5, 5.41) is 33.9. The van der Waals surface area contributed by atoms with Crippen molar-refractivity contribution in [3.8, 4) is 17.6 Å². The highest BCUT2D eigenvalue weighted by atomic mass is 32.1. The predicted molar refractivity (Wildman–Crippen MR) is 321 cm³/mol. The largest absolute Gasteiger partial charge is 0.491 e. The molecule has 3 aromatic carbocycles. The average molecular weight is 1200 g/mol. The van der Waals surface area contributed by atoms with Crippen LogP contribution in [0.4, 0.5) is 36.8 Å². The number of nitrogens with zero attached hydrogens (tertiary/aromatic N) is 7. The molecule has 1 aliphatic heterocycles. The van der Waals surface area contributed by atoms with Gasteiger partial charge >= 0.3 is 12.0 Å². The van der Waals surface area contributed by atoms with Gasteiger partial charge in [0.1, 0.15) is 24.7 Å². The van der Waals surface area contributed by atoms with Crippen molar-refractivity contribution in [3.63, 3.8) is 0 Å². The first kappa shape index (κ1) is 63.7. The van der Waals surface area contributed by atoms with Crippen LogP contribution in [0.5, 0.6) is 5.75 Å². The molecule has 4 heterocycles. The number of para-hydroxylation sites is 1. The summed E-state index contributed by atoms with van der Waals surface area (Å²) in [6, 6.07) is 18.4. The highest BCUT2D eigenvalue weighted by molar-refractivity contribution is 7.22. The maximum Gasteiger partial charge on any atom is 0.355 e. The Balaban J connectivity index is 0.870. The molecule has 7 amide bonds. The minimum atomic E-state index is -1.17. The van der Waals surface area contributed by atoms with Crippen LogP contribution in [-0.2, 0) is 41.7 Å². The van der Waals surface area contributed by atoms with Gasteiger partial charge in [-0.1, -0.05) is 55.4 Å². The maximum atomic E-state index is 15.4. The van der Waals surface area contributed by atoms with Crippen LogP contribution in [0, 0.1) is 30.5 Å². The number of thiazole rings is 2. The van der Waals surface area contributed by atoms with E-state index in [0.717, 1.165) is 26.2 Å². The van der Waals surface area contributed by atoms with E-state index in [2.05, 4.69) is 58.6 Å². The first-order valence-electron chi connectivity index (χ1n) is 27.4. The van der Waals surface area contributed by atoms with Crippen molar-refractivity contribution >= 4 is 102 Å². The lowest BCUT2D eigenvalue weighted by Gasteiger charge is -2.33. The Morgan fingerprint density at radius 1 is 0.894 bits per heavy atom. The second-order valence-electron chi connectivity index (χ2n) is 21.0. The van der Waals surface area contributed by atoms with Crippen LogP contribution >= 0.6 is 22.7 Å². The van der Waals surface area contributed by atoms with E-state index in [1.165, 1.54) is 47.0 Å². The van der Waals surface area contributed by atoms with E-state index >= 15 is 4.39 Å². The van der Waals surface area contributed by atoms with E-state index in [1.54, 1.807) is 44.0 Å². The number of rotatable bonds is 29. The number of imide groups is 1. The second kappa shape index (κ2) is 29.6. The third kappa shape index (κ3) is 18.1. The molecule has 0 fully saturated rings. The zero-order valence-electron chi connectivity index (χ0n) is 48.2. The van der Waals surface area contributed by atoms with Crippen molar-refractivity contribution in [3.05, 3.63) is 118 Å². The molecule has 0 aliphatic carbocycles. The molecule has 1 unspecified atom stereocenters. The van der Waals surface area contributed by atoms with Gasteiger partial charge in [-0.15, -0.1) is 21.5 Å². The van der Waals surface area contributed by atoms with Crippen LogP contribution < -0.4 is 42.0 Å². The van der Waals surface area contributed by atoms with Crippen molar-refractivity contribution in [2.24, 2.45) is 11.7 Å². The van der Waals surface area contributed by atoms with Crippen molar-refractivity contribution in [2.45, 2.75) is 84.5 Å². The van der Waals surface area contributed by atoms with Gasteiger partial charge in [0.05, 0.1) is 50.7 Å². The SMILES string of the molecule is Cc1cc(N(C)c2nc(C(=O)O)c(CCCOc3ccc(C#CC(C)[N+](C)(C)Cc4ccc(NC(=O)[C@H](CCCNC(N)=O)NC(=O)[C@@H](NC(=O)CCOCCN5C(=O)C=CC5=O)C(C)C)cc4)cc3F)s2)nnc1Nc1nc2ccccc2s1. The summed E-state index contributed by atoms with van der Waals surface area (Å²) in [6.07, 6.45) is 3.37. The molecule has 0 radical (unpaired) electrons. The number of anilines is 5. The Morgan fingerprint density at radius 3 is 2.32 bits per heavy atom. The Morgan fingerprint density at radius 2 is 1.64 bits per heavy atom. The molecule has 26 heteroatoms. The highest BCUT2D eigenvalue weighted by Gasteiger charge is 2.30. The van der Waals surface area contributed by atoms with Gasteiger partial charge in [0.15, 0.2) is 39.2 Å². The number of carboxylic acid groups (broad SMARTS) is 1. The Bertz CT molecular complexity index is 3460. The average Bonchev–Trinajstić information content (AvgIpc) is 4.41. The van der Waals surface area contributed by atoms with Gasteiger partial charge in [-0.25, -0.2) is 23.9 Å². The third-order valence-corrected chi connectivity index (χ3v) is 15.9. The van der Waals surface area contributed by atoms with E-state index in [9.17, 15) is 38.7 Å². The van der Waals surface area contributed by atoms with E-state index < -0.39 is 59.4 Å². The maximum absolute atomic E-state index is 15.4. The summed E-state index contributed by atoms with van der Waals surface area (Å²) in [6.45, 7) is 8.19. The van der Waals surface area contributed by atoms with Gasteiger partial charge in [-0.2, -0.15) is 0 Å². The smallest absolute Gasteiger partial charge is 0.355 e. The zero-order chi connectivity index (χ0) is 61.4. The number of carbonyl (C=O) groups excluding carboxylic acids is 6. The summed E-state index contributed by atoms with van der Waals surface area (Å²) < 4.78 is 28.1. The fourth-order valence-electron chi connectivity index (χ4n) is 8.61. The number of nitrogens with one attached hydrogen (secondary N) is 5. The minimum absolute atomic E-state index is 0.0259.